The Bertz CT molecular complexity index is 2700. The van der Waals surface area contributed by atoms with Gasteiger partial charge in [-0.25, -0.2) is 0 Å². The summed E-state index contributed by atoms with van der Waals surface area (Å²) in [6, 6.07) is 60.2. The molecule has 258 valence electrons. The van der Waals surface area contributed by atoms with Crippen LogP contribution in [0, 0.1) is 0 Å². The van der Waals surface area contributed by atoms with E-state index in [1.807, 2.05) is 11.3 Å². The molecule has 0 spiro atoms. The van der Waals surface area contributed by atoms with Gasteiger partial charge >= 0.3 is 0 Å². The third-order valence-corrected chi connectivity index (χ3v) is 12.7. The number of rotatable bonds is 6. The zero-order valence-electron chi connectivity index (χ0n) is 30.7. The van der Waals surface area contributed by atoms with E-state index in [2.05, 4.69) is 202 Å². The molecule has 2 heteroatoms. The zero-order valence-corrected chi connectivity index (χ0v) is 31.5. The molecule has 54 heavy (non-hydrogen) atoms. The first-order chi connectivity index (χ1) is 26.3. The minimum Gasteiger partial charge on any atom is -0.310 e. The van der Waals surface area contributed by atoms with Gasteiger partial charge in [0.25, 0.3) is 0 Å². The fourth-order valence-electron chi connectivity index (χ4n) is 8.55. The van der Waals surface area contributed by atoms with E-state index in [-0.39, 0.29) is 5.41 Å². The first kappa shape index (κ1) is 32.4. The minimum atomic E-state index is -0.181. The topological polar surface area (TPSA) is 3.24 Å². The molecule has 0 aliphatic heterocycles. The van der Waals surface area contributed by atoms with Crippen molar-refractivity contribution in [1.29, 1.82) is 0 Å². The van der Waals surface area contributed by atoms with E-state index in [9.17, 15) is 0 Å². The molecule has 0 saturated carbocycles. The summed E-state index contributed by atoms with van der Waals surface area (Å²) in [6.07, 6.45) is 2.28. The van der Waals surface area contributed by atoms with Crippen LogP contribution in [0.4, 0.5) is 17.1 Å². The van der Waals surface area contributed by atoms with E-state index in [1.54, 1.807) is 0 Å². The van der Waals surface area contributed by atoms with Crippen LogP contribution in [0.3, 0.4) is 0 Å². The van der Waals surface area contributed by atoms with Gasteiger partial charge in [0.05, 0.1) is 0 Å². The van der Waals surface area contributed by atoms with E-state index in [1.165, 1.54) is 81.7 Å². The Kier molecular flexibility index (Phi) is 7.47. The van der Waals surface area contributed by atoms with E-state index in [0.717, 1.165) is 22.6 Å². The Hall–Kier alpha value is -6.22. The molecule has 10 rings (SSSR count). The lowest BCUT2D eigenvalue weighted by molar-refractivity contribution is 0.660. The summed E-state index contributed by atoms with van der Waals surface area (Å²) in [5.41, 5.74) is 19.7. The highest BCUT2D eigenvalue weighted by molar-refractivity contribution is 7.20. The van der Waals surface area contributed by atoms with Gasteiger partial charge in [-0.3, -0.25) is 0 Å². The second-order valence-corrected chi connectivity index (χ2v) is 16.2. The SMILES string of the molecule is C=C1C(C)=Cc2sc3ccc(-c4ccc5c(c4)C(C)(C)c4cc(N(c6ccc(-c7ccccc7)cc6)c6ccc(-c7ccccc7)cc6)ccc4-5)cc3c21. The number of fused-ring (bicyclic) bond motifs is 6. The van der Waals surface area contributed by atoms with E-state index < -0.39 is 0 Å². The number of allylic oxidation sites excluding steroid dienone is 2. The largest absolute Gasteiger partial charge is 0.310 e. The lowest BCUT2D eigenvalue weighted by Gasteiger charge is -2.28. The molecule has 1 nitrogen and oxygen atoms in total. The molecule has 0 N–H and O–H groups in total. The Morgan fingerprint density at radius 1 is 0.500 bits per heavy atom. The summed E-state index contributed by atoms with van der Waals surface area (Å²) in [5, 5.41) is 1.31. The number of thiophene rings is 1. The molecule has 1 aromatic heterocycles. The highest BCUT2D eigenvalue weighted by atomic mass is 32.1. The summed E-state index contributed by atoms with van der Waals surface area (Å²) in [6.45, 7) is 11.3. The van der Waals surface area contributed by atoms with Gasteiger partial charge in [0.15, 0.2) is 0 Å². The maximum Gasteiger partial charge on any atom is 0.0465 e. The normalized spacial score (nSPS) is 13.8. The van der Waals surface area contributed by atoms with Crippen LogP contribution in [0.5, 0.6) is 0 Å². The van der Waals surface area contributed by atoms with E-state index in [0.29, 0.717) is 0 Å². The Morgan fingerprint density at radius 3 is 1.59 bits per heavy atom. The fourth-order valence-corrected chi connectivity index (χ4v) is 9.76. The lowest BCUT2D eigenvalue weighted by Crippen LogP contribution is -2.16. The molecule has 0 saturated heterocycles. The van der Waals surface area contributed by atoms with Gasteiger partial charge in [0, 0.05) is 43.0 Å². The Labute approximate surface area is 321 Å². The van der Waals surface area contributed by atoms with Crippen molar-refractivity contribution in [1.82, 2.24) is 0 Å². The first-order valence-electron chi connectivity index (χ1n) is 18.7. The molecule has 0 amide bonds. The predicted molar refractivity (Wildman–Crippen MR) is 233 cm³/mol. The second kappa shape index (κ2) is 12.4. The number of nitrogens with zero attached hydrogens (tertiary/aromatic N) is 1. The quantitative estimate of drug-likeness (QED) is 0.166. The van der Waals surface area contributed by atoms with Crippen LogP contribution in [0.15, 0.2) is 176 Å². The van der Waals surface area contributed by atoms with Crippen molar-refractivity contribution in [2.45, 2.75) is 26.2 Å². The standard InChI is InChI=1S/C52H39NS/c1-33-29-50-51(34(33)2)46-30-39(20-28-49(46)54-50)40-19-26-44-45-27-25-43(32-48(45)52(3,4)47(44)31-40)53(41-21-15-37(16-22-41)35-11-7-5-8-12-35)42-23-17-38(18-24-42)36-13-9-6-10-14-36/h5-32H,2H2,1,3-4H3. The number of benzene rings is 7. The smallest absolute Gasteiger partial charge is 0.0465 e. The molecule has 2 aliphatic carbocycles. The summed E-state index contributed by atoms with van der Waals surface area (Å²) in [4.78, 5) is 3.73. The van der Waals surface area contributed by atoms with Gasteiger partial charge in [-0.15, -0.1) is 11.3 Å². The van der Waals surface area contributed by atoms with Crippen molar-refractivity contribution in [2.24, 2.45) is 0 Å². The Morgan fingerprint density at radius 2 is 0.981 bits per heavy atom. The summed E-state index contributed by atoms with van der Waals surface area (Å²) in [7, 11) is 0. The molecule has 0 unspecified atom stereocenters. The lowest BCUT2D eigenvalue weighted by atomic mass is 9.81. The van der Waals surface area contributed by atoms with Gasteiger partial charge in [-0.1, -0.05) is 130 Å². The van der Waals surface area contributed by atoms with Crippen LogP contribution in [0.2, 0.25) is 0 Å². The van der Waals surface area contributed by atoms with Crippen molar-refractivity contribution in [3.05, 3.63) is 198 Å². The maximum absolute atomic E-state index is 4.42. The highest BCUT2D eigenvalue weighted by Crippen LogP contribution is 2.52. The van der Waals surface area contributed by atoms with Crippen LogP contribution in [0.1, 0.15) is 42.3 Å². The molecule has 0 radical (unpaired) electrons. The van der Waals surface area contributed by atoms with Crippen molar-refractivity contribution in [2.75, 3.05) is 4.90 Å². The number of hydrogen-bond donors (Lipinski definition) is 0. The average molecular weight is 710 g/mol. The predicted octanol–water partition coefficient (Wildman–Crippen LogP) is 15.1. The molecular weight excluding hydrogens is 671 g/mol. The first-order valence-corrected chi connectivity index (χ1v) is 19.5. The van der Waals surface area contributed by atoms with Crippen LogP contribution in [-0.2, 0) is 5.41 Å². The van der Waals surface area contributed by atoms with Crippen molar-refractivity contribution in [3.63, 3.8) is 0 Å². The van der Waals surface area contributed by atoms with E-state index in [4.69, 9.17) is 0 Å². The molecule has 1 heterocycles. The molecule has 7 aromatic carbocycles. The average Bonchev–Trinajstić information content (AvgIpc) is 3.79. The van der Waals surface area contributed by atoms with Crippen LogP contribution < -0.4 is 4.90 Å². The molecule has 0 bridgehead atoms. The Balaban J connectivity index is 1.04. The van der Waals surface area contributed by atoms with Crippen molar-refractivity contribution in [3.8, 4) is 44.5 Å². The van der Waals surface area contributed by atoms with Gasteiger partial charge in [0.1, 0.15) is 0 Å². The zero-order chi connectivity index (χ0) is 36.6. The third-order valence-electron chi connectivity index (χ3n) is 11.6. The summed E-state index contributed by atoms with van der Waals surface area (Å²) >= 11 is 1.87. The van der Waals surface area contributed by atoms with Crippen molar-refractivity contribution >= 4 is 50.1 Å². The molecule has 0 atom stereocenters. The molecule has 8 aromatic rings. The number of anilines is 3. The van der Waals surface area contributed by atoms with Crippen LogP contribution >= 0.6 is 11.3 Å². The van der Waals surface area contributed by atoms with Gasteiger partial charge in [0.2, 0.25) is 0 Å². The highest BCUT2D eigenvalue weighted by Gasteiger charge is 2.36. The maximum atomic E-state index is 4.42. The molecular formula is C52H39NS. The second-order valence-electron chi connectivity index (χ2n) is 15.1. The summed E-state index contributed by atoms with van der Waals surface area (Å²) < 4.78 is 1.32. The monoisotopic (exact) mass is 709 g/mol. The van der Waals surface area contributed by atoms with Crippen LogP contribution in [0.25, 0.3) is 66.2 Å². The van der Waals surface area contributed by atoms with Crippen molar-refractivity contribution < 1.29 is 0 Å². The van der Waals surface area contributed by atoms with E-state index >= 15 is 0 Å². The molecule has 0 fully saturated rings. The van der Waals surface area contributed by atoms with Gasteiger partial charge < -0.3 is 4.90 Å². The number of hydrogen-bond acceptors (Lipinski definition) is 2. The van der Waals surface area contributed by atoms with Gasteiger partial charge in [-0.05, 0) is 134 Å². The van der Waals surface area contributed by atoms with Crippen LogP contribution in [-0.4, -0.2) is 0 Å². The molecule has 2 aliphatic rings. The minimum absolute atomic E-state index is 0.181. The third kappa shape index (κ3) is 5.21. The van der Waals surface area contributed by atoms with Gasteiger partial charge in [-0.2, -0.15) is 0 Å². The summed E-state index contributed by atoms with van der Waals surface area (Å²) in [5.74, 6) is 0. The fraction of sp³-hybridized carbons (Fsp3) is 0.0769.